The van der Waals surface area contributed by atoms with Gasteiger partial charge in [-0.15, -0.1) is 11.6 Å². The van der Waals surface area contributed by atoms with Crippen LogP contribution < -0.4 is 0 Å². The Hall–Kier alpha value is -1.27. The molecule has 0 heterocycles. The van der Waals surface area contributed by atoms with Crippen LogP contribution in [0.1, 0.15) is 10.4 Å². The highest BCUT2D eigenvalue weighted by molar-refractivity contribution is 6.21. The minimum Gasteiger partial charge on any atom is -0.383 e. The van der Waals surface area contributed by atoms with Gasteiger partial charge in [0.2, 0.25) is 0 Å². The van der Waals surface area contributed by atoms with Gasteiger partial charge in [-0.05, 0) is 0 Å². The van der Waals surface area contributed by atoms with E-state index in [2.05, 4.69) is 0 Å². The monoisotopic (exact) mass is 295 g/mol. The van der Waals surface area contributed by atoms with Gasteiger partial charge in [-0.25, -0.2) is 13.2 Å². The number of halogens is 4. The topological polar surface area (TPSA) is 29.5 Å². The van der Waals surface area contributed by atoms with E-state index >= 15 is 0 Å². The Kier molecular flexibility index (Phi) is 5.62. The second kappa shape index (κ2) is 6.77. The van der Waals surface area contributed by atoms with Crippen LogP contribution in [-0.4, -0.2) is 43.5 Å². The average Bonchev–Trinajstić information content (AvgIpc) is 2.27. The lowest BCUT2D eigenvalue weighted by Gasteiger charge is -2.20. The molecule has 0 aliphatic rings. The first-order valence-electron chi connectivity index (χ1n) is 5.39. The second-order valence-corrected chi connectivity index (χ2v) is 4.60. The molecule has 0 bridgehead atoms. The molecule has 0 radical (unpaired) electrons. The number of hydrogen-bond acceptors (Lipinski definition) is 2. The van der Waals surface area contributed by atoms with Crippen molar-refractivity contribution in [3.05, 3.63) is 35.1 Å². The highest BCUT2D eigenvalue weighted by Crippen LogP contribution is 2.17. The predicted molar refractivity (Wildman–Crippen MR) is 64.8 cm³/mol. The summed E-state index contributed by atoms with van der Waals surface area (Å²) in [5, 5.41) is -0.509. The van der Waals surface area contributed by atoms with Gasteiger partial charge in [0.25, 0.3) is 5.91 Å². The lowest BCUT2D eigenvalue weighted by atomic mass is 10.1. The van der Waals surface area contributed by atoms with Gasteiger partial charge < -0.3 is 9.64 Å². The fourth-order valence-corrected chi connectivity index (χ4v) is 1.88. The Morgan fingerprint density at radius 3 is 2.37 bits per heavy atom. The molecule has 0 aliphatic carbocycles. The van der Waals surface area contributed by atoms with E-state index in [1.165, 1.54) is 14.2 Å². The molecular formula is C12H13ClF3NO2. The van der Waals surface area contributed by atoms with Crippen molar-refractivity contribution in [3.8, 4) is 0 Å². The summed E-state index contributed by atoms with van der Waals surface area (Å²) < 4.78 is 44.4. The van der Waals surface area contributed by atoms with Crippen molar-refractivity contribution < 1.29 is 22.7 Å². The number of alkyl halides is 1. The molecule has 0 N–H and O–H groups in total. The van der Waals surface area contributed by atoms with Crippen LogP contribution in [0.5, 0.6) is 0 Å². The molecule has 3 nitrogen and oxygen atoms in total. The van der Waals surface area contributed by atoms with Crippen molar-refractivity contribution in [1.29, 1.82) is 0 Å². The van der Waals surface area contributed by atoms with E-state index in [0.717, 1.165) is 4.90 Å². The quantitative estimate of drug-likeness (QED) is 0.781. The number of carbonyl (C=O) groups is 1. The molecule has 0 saturated heterocycles. The van der Waals surface area contributed by atoms with Gasteiger partial charge >= 0.3 is 0 Å². The molecule has 1 rings (SSSR count). The predicted octanol–water partition coefficient (Wildman–Crippen LogP) is 2.43. The number of ether oxygens (including phenoxy) is 1. The number of nitrogens with zero attached hydrogens (tertiary/aromatic N) is 1. The van der Waals surface area contributed by atoms with Crippen molar-refractivity contribution in [2.75, 3.05) is 27.3 Å². The maximum Gasteiger partial charge on any atom is 0.259 e. The molecule has 0 fully saturated rings. The normalized spacial score (nSPS) is 12.3. The maximum absolute atomic E-state index is 13.4. The highest BCUT2D eigenvalue weighted by Gasteiger charge is 2.23. The zero-order chi connectivity index (χ0) is 14.6. The fraction of sp³-hybridized carbons (Fsp3) is 0.417. The van der Waals surface area contributed by atoms with E-state index in [4.69, 9.17) is 16.3 Å². The number of carbonyl (C=O) groups excluding carboxylic acids is 1. The largest absolute Gasteiger partial charge is 0.383 e. The lowest BCUT2D eigenvalue weighted by molar-refractivity contribution is 0.0772. The van der Waals surface area contributed by atoms with Crippen LogP contribution in [0, 0.1) is 17.5 Å². The van der Waals surface area contributed by atoms with E-state index in [0.29, 0.717) is 12.1 Å². The summed E-state index contributed by atoms with van der Waals surface area (Å²) in [6, 6.07) is 0.912. The molecule has 1 aromatic rings. The Balaban J connectivity index is 2.88. The van der Waals surface area contributed by atoms with Crippen molar-refractivity contribution in [3.63, 3.8) is 0 Å². The Morgan fingerprint density at radius 1 is 1.37 bits per heavy atom. The average molecular weight is 296 g/mol. The third-order valence-corrected chi connectivity index (χ3v) is 2.65. The maximum atomic E-state index is 13.4. The summed E-state index contributed by atoms with van der Waals surface area (Å²) >= 11 is 5.85. The van der Waals surface area contributed by atoms with Crippen LogP contribution in [0.15, 0.2) is 12.1 Å². The smallest absolute Gasteiger partial charge is 0.259 e. The van der Waals surface area contributed by atoms with Crippen LogP contribution in [0.2, 0.25) is 0 Å². The Labute approximate surface area is 113 Å². The standard InChI is InChI=1S/C12H13ClF3NO2/c1-17(5-7(13)6-19-2)12(18)11-9(15)3-8(14)4-10(11)16/h3-4,7H,5-6H2,1-2H3. The molecule has 1 atom stereocenters. The van der Waals surface area contributed by atoms with Crippen LogP contribution in [0.4, 0.5) is 13.2 Å². The van der Waals surface area contributed by atoms with Crippen LogP contribution in [0.25, 0.3) is 0 Å². The minimum atomic E-state index is -1.24. The summed E-state index contributed by atoms with van der Waals surface area (Å²) in [4.78, 5) is 12.9. The fourth-order valence-electron chi connectivity index (χ4n) is 1.55. The second-order valence-electron chi connectivity index (χ2n) is 3.98. The van der Waals surface area contributed by atoms with Crippen LogP contribution in [0.3, 0.4) is 0 Å². The Morgan fingerprint density at radius 2 is 1.89 bits per heavy atom. The van der Waals surface area contributed by atoms with E-state index in [-0.39, 0.29) is 13.2 Å². The number of hydrogen-bond donors (Lipinski definition) is 0. The number of amides is 1. The summed E-state index contributed by atoms with van der Waals surface area (Å²) in [6.07, 6.45) is 0. The minimum absolute atomic E-state index is 0.0461. The first-order chi connectivity index (χ1) is 8.86. The zero-order valence-corrected chi connectivity index (χ0v) is 11.2. The van der Waals surface area contributed by atoms with Gasteiger partial charge in [-0.1, -0.05) is 0 Å². The summed E-state index contributed by atoms with van der Waals surface area (Å²) in [6.45, 7) is 0.234. The van der Waals surface area contributed by atoms with Crippen molar-refractivity contribution in [1.82, 2.24) is 4.90 Å². The number of rotatable bonds is 5. The van der Waals surface area contributed by atoms with Gasteiger partial charge in [-0.3, -0.25) is 4.79 Å². The van der Waals surface area contributed by atoms with Gasteiger partial charge in [-0.2, -0.15) is 0 Å². The first kappa shape index (κ1) is 15.8. The molecule has 1 amide bonds. The van der Waals surface area contributed by atoms with Crippen molar-refractivity contribution in [2.24, 2.45) is 0 Å². The molecule has 1 unspecified atom stereocenters. The van der Waals surface area contributed by atoms with Crippen molar-refractivity contribution in [2.45, 2.75) is 5.38 Å². The highest BCUT2D eigenvalue weighted by atomic mass is 35.5. The van der Waals surface area contributed by atoms with E-state index in [1.54, 1.807) is 0 Å². The molecule has 0 spiro atoms. The number of methoxy groups -OCH3 is 1. The summed E-state index contributed by atoms with van der Waals surface area (Å²) in [5.41, 5.74) is -0.801. The van der Waals surface area contributed by atoms with E-state index in [9.17, 15) is 18.0 Å². The van der Waals surface area contributed by atoms with E-state index in [1.807, 2.05) is 0 Å². The summed E-state index contributed by atoms with van der Waals surface area (Å²) in [5.74, 6) is -4.47. The molecular weight excluding hydrogens is 283 g/mol. The number of benzene rings is 1. The van der Waals surface area contributed by atoms with Gasteiger partial charge in [0, 0.05) is 32.8 Å². The molecule has 7 heteroatoms. The van der Waals surface area contributed by atoms with Gasteiger partial charge in [0.15, 0.2) is 0 Å². The zero-order valence-electron chi connectivity index (χ0n) is 10.4. The SMILES string of the molecule is COCC(Cl)CN(C)C(=O)c1c(F)cc(F)cc1F. The molecule has 19 heavy (non-hydrogen) atoms. The van der Waals surface area contributed by atoms with Gasteiger partial charge in [0.05, 0.1) is 12.0 Å². The first-order valence-corrected chi connectivity index (χ1v) is 5.83. The van der Waals surface area contributed by atoms with Gasteiger partial charge in [0.1, 0.15) is 23.0 Å². The van der Waals surface area contributed by atoms with E-state index < -0.39 is 34.3 Å². The molecule has 0 aromatic heterocycles. The van der Waals surface area contributed by atoms with Crippen molar-refractivity contribution >= 4 is 17.5 Å². The lowest BCUT2D eigenvalue weighted by Crippen LogP contribution is -2.35. The van der Waals surface area contributed by atoms with Crippen LogP contribution >= 0.6 is 11.6 Å². The molecule has 106 valence electrons. The van der Waals surface area contributed by atoms with Crippen LogP contribution in [-0.2, 0) is 4.74 Å². The Bertz CT molecular complexity index is 447. The molecule has 0 saturated carbocycles. The molecule has 1 aromatic carbocycles. The third kappa shape index (κ3) is 4.11. The molecule has 0 aliphatic heterocycles. The summed E-state index contributed by atoms with van der Waals surface area (Å²) in [7, 11) is 2.78. The third-order valence-electron chi connectivity index (χ3n) is 2.39.